The summed E-state index contributed by atoms with van der Waals surface area (Å²) in [6.07, 6.45) is 0.0881. The van der Waals surface area contributed by atoms with Crippen molar-refractivity contribution in [2.24, 2.45) is 47.3 Å². The van der Waals surface area contributed by atoms with Crippen molar-refractivity contribution >= 4 is 70.8 Å². The lowest BCUT2D eigenvalue weighted by Crippen LogP contribution is -2.72. The van der Waals surface area contributed by atoms with Gasteiger partial charge in [0.15, 0.2) is 17.6 Å². The van der Waals surface area contributed by atoms with E-state index < -0.39 is 167 Å². The predicted molar refractivity (Wildman–Crippen MR) is 381 cm³/mol. The second-order valence-electron chi connectivity index (χ2n) is 30.4. The molecule has 10 amide bonds. The molecule has 0 saturated carbocycles. The molecule has 14 atom stereocenters. The lowest BCUT2D eigenvalue weighted by molar-refractivity contribution is -0.322. The Morgan fingerprint density at radius 2 is 1.09 bits per heavy atom. The van der Waals surface area contributed by atoms with Crippen LogP contribution in [-0.2, 0) is 76.6 Å². The largest absolute Gasteiger partial charge is 0.448 e. The monoisotopic (exact) mass is 1430 g/mol. The summed E-state index contributed by atoms with van der Waals surface area (Å²) in [5, 5.41) is 7.51. The van der Waals surface area contributed by atoms with Crippen molar-refractivity contribution in [2.75, 3.05) is 103 Å². The van der Waals surface area contributed by atoms with Crippen LogP contribution in [0.5, 0.6) is 0 Å². The average molecular weight is 1430 g/mol. The second kappa shape index (κ2) is 41.8. The number of likely N-dealkylation sites (N-methyl/N-ethyl adjacent to an activating group) is 6. The van der Waals surface area contributed by atoms with Crippen LogP contribution >= 0.6 is 0 Å². The fraction of sp³-hybridized carbons (Fsp3) is 0.836. The molecule has 0 aliphatic carbocycles. The maximum absolute atomic E-state index is 15.4. The summed E-state index contributed by atoms with van der Waals surface area (Å²) in [5.41, 5.74) is 0. The van der Waals surface area contributed by atoms with Gasteiger partial charge in [-0.2, -0.15) is 5.06 Å². The Balaban J connectivity index is 2.29. The number of Topliss-reactive ketones (excluding diaryl/α,β-unsaturated/α-hetero) is 2. The van der Waals surface area contributed by atoms with Gasteiger partial charge in [0.2, 0.25) is 47.3 Å². The van der Waals surface area contributed by atoms with E-state index in [0.717, 1.165) is 36.2 Å². The van der Waals surface area contributed by atoms with E-state index in [1.807, 2.05) is 48.5 Å². The van der Waals surface area contributed by atoms with Gasteiger partial charge in [0.25, 0.3) is 5.91 Å². The van der Waals surface area contributed by atoms with Gasteiger partial charge in [-0.25, -0.2) is 9.86 Å². The van der Waals surface area contributed by atoms with Crippen molar-refractivity contribution in [3.05, 3.63) is 0 Å². The molecule has 3 fully saturated rings. The van der Waals surface area contributed by atoms with Crippen molar-refractivity contribution in [3.63, 3.8) is 0 Å². The zero-order chi connectivity index (χ0) is 76.8. The maximum atomic E-state index is 15.4. The van der Waals surface area contributed by atoms with E-state index in [2.05, 4.69) is 15.5 Å². The van der Waals surface area contributed by atoms with Crippen molar-refractivity contribution in [3.8, 4) is 0 Å². The van der Waals surface area contributed by atoms with Crippen LogP contribution in [0.15, 0.2) is 0 Å². The summed E-state index contributed by atoms with van der Waals surface area (Å²) >= 11 is 0. The maximum Gasteiger partial charge on any atom is 0.433 e. The first-order valence-corrected chi connectivity index (χ1v) is 36.8. The zero-order valence-corrected chi connectivity index (χ0v) is 65.7. The minimum atomic E-state index is -1.36. The summed E-state index contributed by atoms with van der Waals surface area (Å²) in [5.74, 6) is -10.6. The highest BCUT2D eigenvalue weighted by atomic mass is 16.7. The number of nitrogens with one attached hydrogen (secondary N) is 2. The first kappa shape index (κ1) is 88.9. The molecule has 101 heavy (non-hydrogen) atoms. The Labute approximate surface area is 602 Å². The van der Waals surface area contributed by atoms with Crippen molar-refractivity contribution in [1.29, 1.82) is 0 Å². The minimum absolute atomic E-state index is 0.0228. The number of hydrogen-bond donors (Lipinski definition) is 2. The van der Waals surface area contributed by atoms with Gasteiger partial charge in [-0.05, 0) is 121 Å². The fourth-order valence-electron chi connectivity index (χ4n) is 13.5. The Kier molecular flexibility index (Phi) is 36.8. The highest BCUT2D eigenvalue weighted by Crippen LogP contribution is 2.35. The molecule has 28 nitrogen and oxygen atoms in total. The molecule has 3 aliphatic heterocycles. The Bertz CT molecular complexity index is 2760. The Morgan fingerprint density at radius 1 is 0.564 bits per heavy atom. The SMILES string of the molecule is CC[C@@H]1NC(=O)[C@@H]2[C@@H]([C@H](C)CCCCOC(=O)N(C)OC)ON2C(=O)[C@H](C(C)C)N(C)C(=O)[C@H](CC(C)C)N(C)C(=O)[C@H](CC(C)C)N(C)C(=O)[C@@H](C)NC(=O)[C@H](C)CC(=O)[C@H](CC(C)C)N(C)C(=O)[C@H](C(C)C)CC(=O)[C@H]([C@@H](C)OCCCCN2CCOCC2)N(C)C(=O)[C@@H](C)N(C)C1=O. The van der Waals surface area contributed by atoms with Crippen LogP contribution < -0.4 is 10.6 Å². The number of hydrogen-bond acceptors (Lipinski definition) is 18. The summed E-state index contributed by atoms with van der Waals surface area (Å²) in [6.45, 7) is 32.1. The smallest absolute Gasteiger partial charge is 0.433 e. The summed E-state index contributed by atoms with van der Waals surface area (Å²) in [7, 11) is 11.5. The molecule has 0 bridgehead atoms. The molecular formula is C73H129N11O17. The Morgan fingerprint density at radius 3 is 1.62 bits per heavy atom. The molecule has 0 aromatic rings. The predicted octanol–water partition coefficient (Wildman–Crippen LogP) is 5.47. The van der Waals surface area contributed by atoms with Gasteiger partial charge in [0, 0.05) is 93.7 Å². The molecule has 28 heteroatoms. The number of unbranched alkanes of at least 4 members (excludes halogenated alkanes) is 2. The van der Waals surface area contributed by atoms with Crippen LogP contribution in [0.4, 0.5) is 4.79 Å². The summed E-state index contributed by atoms with van der Waals surface area (Å²) in [4.78, 5) is 198. The van der Waals surface area contributed by atoms with Crippen LogP contribution in [0.25, 0.3) is 0 Å². The topological polar surface area (TPSA) is 304 Å². The third kappa shape index (κ3) is 24.9. The minimum Gasteiger partial charge on any atom is -0.448 e. The number of hydroxylamine groups is 4. The van der Waals surface area contributed by atoms with E-state index in [-0.39, 0.29) is 69.5 Å². The van der Waals surface area contributed by atoms with Gasteiger partial charge in [-0.3, -0.25) is 67.3 Å². The van der Waals surface area contributed by atoms with E-state index >= 15 is 33.6 Å². The molecule has 3 heterocycles. The first-order valence-electron chi connectivity index (χ1n) is 36.8. The molecule has 578 valence electrons. The number of carbonyl (C=O) groups is 12. The number of morpholine rings is 1. The van der Waals surface area contributed by atoms with Crippen molar-refractivity contribution in [2.45, 2.75) is 248 Å². The average Bonchev–Trinajstić information content (AvgIpc) is 0.754. The molecule has 0 aromatic heterocycles. The summed E-state index contributed by atoms with van der Waals surface area (Å²) < 4.78 is 17.2. The van der Waals surface area contributed by atoms with Crippen LogP contribution in [-0.4, -0.2) is 284 Å². The number of amides is 10. The van der Waals surface area contributed by atoms with Crippen LogP contribution in [0.2, 0.25) is 0 Å². The van der Waals surface area contributed by atoms with E-state index in [4.69, 9.17) is 23.9 Å². The van der Waals surface area contributed by atoms with Gasteiger partial charge < -0.3 is 54.2 Å². The number of nitrogens with zero attached hydrogens (tertiary/aromatic N) is 9. The molecule has 0 radical (unpaired) electrons. The lowest BCUT2D eigenvalue weighted by Gasteiger charge is -2.50. The van der Waals surface area contributed by atoms with Crippen LogP contribution in [0.3, 0.4) is 0 Å². The van der Waals surface area contributed by atoms with Crippen LogP contribution in [0, 0.1) is 47.3 Å². The van der Waals surface area contributed by atoms with Gasteiger partial charge in [0.05, 0.1) is 39.1 Å². The first-order chi connectivity index (χ1) is 47.2. The van der Waals surface area contributed by atoms with Crippen LogP contribution in [0.1, 0.15) is 181 Å². The third-order valence-corrected chi connectivity index (χ3v) is 20.2. The molecule has 0 aromatic carbocycles. The van der Waals surface area contributed by atoms with E-state index in [1.165, 1.54) is 99.7 Å². The van der Waals surface area contributed by atoms with E-state index in [9.17, 15) is 24.0 Å². The summed E-state index contributed by atoms with van der Waals surface area (Å²) in [6, 6.07) is -11.0. The number of carbonyl (C=O) groups excluding carboxylic acids is 12. The Hall–Kier alpha value is -6.36. The van der Waals surface area contributed by atoms with Gasteiger partial charge >= 0.3 is 6.09 Å². The van der Waals surface area contributed by atoms with Gasteiger partial charge in [-0.1, -0.05) is 90.0 Å². The zero-order valence-electron chi connectivity index (χ0n) is 65.7. The van der Waals surface area contributed by atoms with Crippen molar-refractivity contribution < 1.29 is 81.4 Å². The molecule has 3 saturated heterocycles. The van der Waals surface area contributed by atoms with Gasteiger partial charge in [0.1, 0.15) is 48.4 Å². The molecule has 0 unspecified atom stereocenters. The number of rotatable bonds is 23. The number of ether oxygens (including phenoxy) is 3. The highest BCUT2D eigenvalue weighted by molar-refractivity contribution is 6.00. The molecule has 3 rings (SSSR count). The van der Waals surface area contributed by atoms with E-state index in [0.29, 0.717) is 38.9 Å². The lowest BCUT2D eigenvalue weighted by atomic mass is 9.85. The molecule has 3 aliphatic rings. The molecular weight excluding hydrogens is 1300 g/mol. The fourth-order valence-corrected chi connectivity index (χ4v) is 13.5. The quantitative estimate of drug-likeness (QED) is 0.0947. The van der Waals surface area contributed by atoms with E-state index in [1.54, 1.807) is 48.5 Å². The normalized spacial score (nSPS) is 27.5. The number of fused-ring (bicyclic) bond motifs is 1. The van der Waals surface area contributed by atoms with Crippen molar-refractivity contribution in [1.82, 2.24) is 55.1 Å². The second-order valence-corrected chi connectivity index (χ2v) is 30.4. The molecule has 2 N–H and O–H groups in total. The number of ketones is 2. The third-order valence-electron chi connectivity index (χ3n) is 20.2. The standard InChI is InChI=1S/C73H129N11O17/c1-25-54-69(92)76(17)51(15)67(90)81(22)61(52(16)99-34-29-27-31-83-32-36-98-37-33-83)59(86)42-53(46(8)9)68(91)77(18)55(38-43(2)3)58(85)41-49(13)64(87)74-50(14)66(89)78(19)56(39-44(4)5)70(93)79(20)57(40-45(6)7)71(94)80(21)60(47(10)11)72(95)84-62(65(88)75-54)63(101-84)48(12)30-26-28-35-100-73(96)82(23)97-24/h43-57,60-63H,25-42H2,1-24H3,(H,74,87)(H,75,88)/t48-,49-,50-,51-,52-,53+,54+,55+,56+,57+,60+,61+,62+,63-/m1/s1. The molecule has 0 spiro atoms. The van der Waals surface area contributed by atoms with Gasteiger partial charge in [-0.15, -0.1) is 0 Å². The highest BCUT2D eigenvalue weighted by Gasteiger charge is 2.55.